The van der Waals surface area contributed by atoms with Crippen molar-refractivity contribution >= 4 is 59.7 Å². The van der Waals surface area contributed by atoms with E-state index in [1.54, 1.807) is 194 Å². The first-order valence-corrected chi connectivity index (χ1v) is 33.4. The van der Waals surface area contributed by atoms with E-state index in [2.05, 4.69) is 0 Å². The van der Waals surface area contributed by atoms with Gasteiger partial charge in [-0.2, -0.15) is 0 Å². The lowest BCUT2D eigenvalue weighted by atomic mass is 9.56. The lowest BCUT2D eigenvalue weighted by Crippen LogP contribution is -2.52. The molecule has 0 radical (unpaired) electrons. The zero-order chi connectivity index (χ0) is 72.7. The molecular formula is C72H126O20. The average Bonchev–Trinajstić information content (AvgIpc) is 0.760. The van der Waals surface area contributed by atoms with E-state index in [1.165, 1.54) is 27.7 Å². The molecule has 9 unspecified atom stereocenters. The molecule has 0 N–H and O–H groups in total. The molecule has 534 valence electrons. The minimum absolute atomic E-state index is 0.168. The van der Waals surface area contributed by atoms with Crippen molar-refractivity contribution in [2.45, 2.75) is 347 Å². The van der Waals surface area contributed by atoms with Crippen molar-refractivity contribution in [2.75, 3.05) is 0 Å². The van der Waals surface area contributed by atoms with E-state index >= 15 is 28.8 Å². The van der Waals surface area contributed by atoms with Crippen LogP contribution < -0.4 is 0 Å². The first-order chi connectivity index (χ1) is 41.3. The van der Waals surface area contributed by atoms with Crippen LogP contribution in [0.25, 0.3) is 0 Å². The van der Waals surface area contributed by atoms with E-state index in [4.69, 9.17) is 47.4 Å². The van der Waals surface area contributed by atoms with Crippen LogP contribution in [0.5, 0.6) is 0 Å². The van der Waals surface area contributed by atoms with Crippen LogP contribution in [-0.4, -0.2) is 121 Å². The van der Waals surface area contributed by atoms with Crippen molar-refractivity contribution in [3.05, 3.63) is 0 Å². The van der Waals surface area contributed by atoms with Crippen molar-refractivity contribution in [3.8, 4) is 0 Å². The Morgan fingerprint density at radius 3 is 0.435 bits per heavy atom. The van der Waals surface area contributed by atoms with Gasteiger partial charge < -0.3 is 47.4 Å². The van der Waals surface area contributed by atoms with Crippen molar-refractivity contribution in [1.29, 1.82) is 0 Å². The quantitative estimate of drug-likeness (QED) is 0.0409. The van der Waals surface area contributed by atoms with Crippen LogP contribution in [0, 0.1) is 54.1 Å². The predicted molar refractivity (Wildman–Crippen MR) is 351 cm³/mol. The Morgan fingerprint density at radius 2 is 0.304 bits per heavy atom. The minimum Gasteiger partial charge on any atom is -0.463 e. The van der Waals surface area contributed by atoms with E-state index in [0.29, 0.717) is 0 Å². The van der Waals surface area contributed by atoms with Crippen LogP contribution in [0.4, 0.5) is 0 Å². The first-order valence-electron chi connectivity index (χ1n) is 33.4. The summed E-state index contributed by atoms with van der Waals surface area (Å²) in [5.41, 5.74) is -17.4. The maximum atomic E-state index is 15.5. The van der Waals surface area contributed by atoms with Gasteiger partial charge in [-0.25, -0.2) is 0 Å². The van der Waals surface area contributed by atoms with Crippen molar-refractivity contribution < 1.29 is 95.3 Å². The number of rotatable bonds is 39. The number of carbonyl (C=O) groups is 10. The molecule has 0 aliphatic rings. The van der Waals surface area contributed by atoms with E-state index < -0.39 is 207 Å². The van der Waals surface area contributed by atoms with Gasteiger partial charge in [0.05, 0.1) is 115 Å². The van der Waals surface area contributed by atoms with Crippen LogP contribution >= 0.6 is 0 Å². The molecule has 92 heavy (non-hydrogen) atoms. The second-order valence-electron chi connectivity index (χ2n) is 32.4. The molecule has 0 aliphatic carbocycles. The lowest BCUT2D eigenvalue weighted by molar-refractivity contribution is -0.180. The van der Waals surface area contributed by atoms with E-state index in [1.807, 2.05) is 0 Å². The van der Waals surface area contributed by atoms with E-state index in [9.17, 15) is 19.2 Å². The third-order valence-electron chi connectivity index (χ3n) is 16.3. The van der Waals surface area contributed by atoms with Crippen LogP contribution in [0.15, 0.2) is 0 Å². The summed E-state index contributed by atoms with van der Waals surface area (Å²) in [6.45, 7) is 52.3. The van der Waals surface area contributed by atoms with Gasteiger partial charge in [-0.1, -0.05) is 6.92 Å². The third kappa shape index (κ3) is 25.8. The number of esters is 10. The zero-order valence-electron chi connectivity index (χ0n) is 63.0. The summed E-state index contributed by atoms with van der Waals surface area (Å²) in [7, 11) is 0. The van der Waals surface area contributed by atoms with E-state index in [-0.39, 0.29) is 32.1 Å². The van der Waals surface area contributed by atoms with Crippen molar-refractivity contribution in [3.63, 3.8) is 0 Å². The normalized spacial score (nSPS) is 18.2. The predicted octanol–water partition coefficient (Wildman–Crippen LogP) is 14.5. The topological polar surface area (TPSA) is 263 Å². The van der Waals surface area contributed by atoms with Gasteiger partial charge in [-0.15, -0.1) is 0 Å². The van der Waals surface area contributed by atoms with Gasteiger partial charge in [0, 0.05) is 0 Å². The van der Waals surface area contributed by atoms with Crippen LogP contribution in [0.1, 0.15) is 286 Å². The van der Waals surface area contributed by atoms with Gasteiger partial charge in [-0.3, -0.25) is 47.9 Å². The molecule has 0 heterocycles. The molecule has 9 atom stereocenters. The number of ether oxygens (including phenoxy) is 10. The standard InChI is InChI=1S/C72H126O20/c1-33-64(24,54(74)84-44(4)5)35-66(26,56(76)86-46(8)9)37-68(28,58(78)88-48(12)13)39-70(30,60(80)90-50(16)17)41-72(32,62(82)92-52(20)21)42-71(31,61(81)91-51(18)19)40-69(29,59(79)89-49(14)15)38-67(27,57(77)87-47(10)11)36-65(25,55(75)85-45(6)7)34-63(22,23)53(73)83-43(2)3/h43-52H,33-42H2,1-32H3. The van der Waals surface area contributed by atoms with Gasteiger partial charge in [0.2, 0.25) is 0 Å². The monoisotopic (exact) mass is 1310 g/mol. The molecule has 0 aromatic carbocycles. The molecule has 0 spiro atoms. The van der Waals surface area contributed by atoms with Gasteiger partial charge >= 0.3 is 59.7 Å². The molecule has 0 saturated carbocycles. The highest BCUT2D eigenvalue weighted by Crippen LogP contribution is 2.58. The second-order valence-corrected chi connectivity index (χ2v) is 32.4. The van der Waals surface area contributed by atoms with Crippen LogP contribution in [-0.2, 0) is 95.3 Å². The summed E-state index contributed by atoms with van der Waals surface area (Å²) >= 11 is 0. The van der Waals surface area contributed by atoms with Gasteiger partial charge in [-0.05, 0) is 279 Å². The Balaban J connectivity index is 9.47. The molecule has 0 fully saturated rings. The van der Waals surface area contributed by atoms with E-state index in [0.717, 1.165) is 0 Å². The Bertz CT molecular complexity index is 2520. The fraction of sp³-hybridized carbons (Fsp3) is 0.861. The van der Waals surface area contributed by atoms with Crippen LogP contribution in [0.3, 0.4) is 0 Å². The molecule has 0 rings (SSSR count). The molecule has 0 aliphatic heterocycles. The smallest absolute Gasteiger partial charge is 0.312 e. The van der Waals surface area contributed by atoms with Gasteiger partial charge in [0.1, 0.15) is 0 Å². The largest absolute Gasteiger partial charge is 0.463 e. The summed E-state index contributed by atoms with van der Waals surface area (Å²) < 4.78 is 59.8. The SMILES string of the molecule is CCC(C)(CC(C)(CC(C)(CC(C)(CC(C)(CC(C)(CC(C)(CC(C)(CC(C)(CC(C)(C)C(=O)OC(C)C)C(=O)OC(C)C)C(=O)OC(C)C)C(=O)OC(C)C)C(=O)OC(C)C)C(=O)OC(C)C)C(=O)OC(C)C)C(=O)OC(C)C)C(=O)OC(C)C)C(=O)OC(C)C. The molecule has 0 aromatic rings. The van der Waals surface area contributed by atoms with Gasteiger partial charge in [0.15, 0.2) is 0 Å². The Hall–Kier alpha value is -5.30. The molecule has 0 amide bonds. The molecule has 20 heteroatoms. The lowest BCUT2D eigenvalue weighted by Gasteiger charge is -2.47. The summed E-state index contributed by atoms with van der Waals surface area (Å²) in [6.07, 6.45) is -10.1. The fourth-order valence-electron chi connectivity index (χ4n) is 13.5. The highest BCUT2D eigenvalue weighted by atomic mass is 16.6. The maximum absolute atomic E-state index is 15.5. The highest BCUT2D eigenvalue weighted by Gasteiger charge is 2.61. The van der Waals surface area contributed by atoms with Gasteiger partial charge in [0.25, 0.3) is 0 Å². The Morgan fingerprint density at radius 1 is 0.196 bits per heavy atom. The minimum atomic E-state index is -1.97. The molecule has 0 saturated heterocycles. The number of carbonyl (C=O) groups excluding carboxylic acids is 10. The first kappa shape index (κ1) is 86.7. The third-order valence-corrected chi connectivity index (χ3v) is 16.3. The van der Waals surface area contributed by atoms with Crippen molar-refractivity contribution in [1.82, 2.24) is 0 Å². The Labute approximate surface area is 553 Å². The Kier molecular flexibility index (Phi) is 31.9. The summed E-state index contributed by atoms with van der Waals surface area (Å²) in [6, 6.07) is 0. The number of hydrogen-bond donors (Lipinski definition) is 0. The molecular weight excluding hydrogens is 1180 g/mol. The van der Waals surface area contributed by atoms with Crippen molar-refractivity contribution in [2.24, 2.45) is 54.1 Å². The summed E-state index contributed by atoms with van der Waals surface area (Å²) in [4.78, 5) is 150. The fourth-order valence-corrected chi connectivity index (χ4v) is 13.5. The zero-order valence-corrected chi connectivity index (χ0v) is 63.0. The molecule has 0 aromatic heterocycles. The second kappa shape index (κ2) is 33.9. The summed E-state index contributed by atoms with van der Waals surface area (Å²) in [5.74, 6) is -7.77. The average molecular weight is 1310 g/mol. The maximum Gasteiger partial charge on any atom is 0.312 e. The molecule has 0 bridgehead atoms. The molecule has 20 nitrogen and oxygen atoms in total. The highest BCUT2D eigenvalue weighted by molar-refractivity contribution is 5.88. The number of hydrogen-bond acceptors (Lipinski definition) is 20. The summed E-state index contributed by atoms with van der Waals surface area (Å²) in [5, 5.41) is 0. The van der Waals surface area contributed by atoms with Crippen LogP contribution in [0.2, 0.25) is 0 Å².